The Kier molecular flexibility index (Phi) is 4.68. The summed E-state index contributed by atoms with van der Waals surface area (Å²) in [6, 6.07) is 8.83. The Balaban J connectivity index is 1.56. The monoisotopic (exact) mass is 276 g/mol. The van der Waals surface area contributed by atoms with Crippen molar-refractivity contribution in [1.82, 2.24) is 10.2 Å². The highest BCUT2D eigenvalue weighted by Crippen LogP contribution is 2.24. The highest BCUT2D eigenvalue weighted by atomic mass is 16.5. The first-order valence-corrected chi connectivity index (χ1v) is 7.59. The molecule has 3 rings (SSSR count). The molecule has 1 aromatic rings. The fourth-order valence-corrected chi connectivity index (χ4v) is 3.02. The number of benzene rings is 1. The number of morpholine rings is 1. The third-order valence-corrected chi connectivity index (χ3v) is 4.23. The molecule has 2 aliphatic heterocycles. The molecule has 1 saturated heterocycles. The Morgan fingerprint density at radius 2 is 2.25 bits per heavy atom. The third kappa shape index (κ3) is 3.20. The van der Waals surface area contributed by atoms with Crippen LogP contribution in [-0.4, -0.2) is 50.4 Å². The normalized spacial score (nSPS) is 27.2. The zero-order chi connectivity index (χ0) is 13.8. The minimum Gasteiger partial charge on any atom is -0.375 e. The van der Waals surface area contributed by atoms with E-state index in [0.29, 0.717) is 6.04 Å². The summed E-state index contributed by atoms with van der Waals surface area (Å²) in [6.45, 7) is 8.62. The predicted molar refractivity (Wildman–Crippen MR) is 78.7 cm³/mol. The molecule has 4 nitrogen and oxygen atoms in total. The Labute approximate surface area is 121 Å². The average Bonchev–Trinajstić information content (AvgIpc) is 2.53. The van der Waals surface area contributed by atoms with Crippen LogP contribution >= 0.6 is 0 Å². The van der Waals surface area contributed by atoms with Gasteiger partial charge in [0.05, 0.1) is 32.0 Å². The molecule has 2 atom stereocenters. The lowest BCUT2D eigenvalue weighted by Gasteiger charge is -2.34. The van der Waals surface area contributed by atoms with Crippen LogP contribution in [0.1, 0.15) is 24.1 Å². The summed E-state index contributed by atoms with van der Waals surface area (Å²) < 4.78 is 11.5. The van der Waals surface area contributed by atoms with Gasteiger partial charge in [-0.15, -0.1) is 0 Å². The maximum absolute atomic E-state index is 5.84. The summed E-state index contributed by atoms with van der Waals surface area (Å²) in [7, 11) is 0. The molecule has 0 aromatic heterocycles. The number of nitrogens with zero attached hydrogens (tertiary/aromatic N) is 1. The van der Waals surface area contributed by atoms with E-state index in [0.717, 1.165) is 46.0 Å². The molecule has 1 fully saturated rings. The van der Waals surface area contributed by atoms with Crippen LogP contribution in [0.25, 0.3) is 0 Å². The number of nitrogens with one attached hydrogen (secondary N) is 1. The zero-order valence-corrected chi connectivity index (χ0v) is 12.2. The van der Waals surface area contributed by atoms with Gasteiger partial charge in [-0.1, -0.05) is 31.2 Å². The fourth-order valence-electron chi connectivity index (χ4n) is 3.02. The van der Waals surface area contributed by atoms with Crippen molar-refractivity contribution in [3.05, 3.63) is 35.4 Å². The Bertz CT molecular complexity index is 438. The van der Waals surface area contributed by atoms with Crippen LogP contribution in [0.3, 0.4) is 0 Å². The number of hydrogen-bond acceptors (Lipinski definition) is 4. The first-order valence-electron chi connectivity index (χ1n) is 7.59. The van der Waals surface area contributed by atoms with Crippen molar-refractivity contribution in [2.24, 2.45) is 0 Å². The van der Waals surface area contributed by atoms with Crippen molar-refractivity contribution in [3.8, 4) is 0 Å². The van der Waals surface area contributed by atoms with Crippen molar-refractivity contribution in [2.45, 2.75) is 25.7 Å². The lowest BCUT2D eigenvalue weighted by Crippen LogP contribution is -2.47. The van der Waals surface area contributed by atoms with E-state index < -0.39 is 0 Å². The summed E-state index contributed by atoms with van der Waals surface area (Å²) in [6.07, 6.45) is 0.290. The van der Waals surface area contributed by atoms with E-state index in [2.05, 4.69) is 41.4 Å². The summed E-state index contributed by atoms with van der Waals surface area (Å²) in [5.74, 6) is 0. The molecule has 0 saturated carbocycles. The Morgan fingerprint density at radius 3 is 3.15 bits per heavy atom. The molecule has 0 spiro atoms. The van der Waals surface area contributed by atoms with Crippen LogP contribution < -0.4 is 5.32 Å². The van der Waals surface area contributed by atoms with Crippen LogP contribution in [0.15, 0.2) is 24.3 Å². The van der Waals surface area contributed by atoms with Crippen molar-refractivity contribution in [1.29, 1.82) is 0 Å². The van der Waals surface area contributed by atoms with Crippen LogP contribution in [0.5, 0.6) is 0 Å². The van der Waals surface area contributed by atoms with Gasteiger partial charge in [-0.3, -0.25) is 4.90 Å². The van der Waals surface area contributed by atoms with E-state index in [1.807, 2.05) is 0 Å². The Morgan fingerprint density at radius 1 is 1.35 bits per heavy atom. The first kappa shape index (κ1) is 14.0. The smallest absolute Gasteiger partial charge is 0.0826 e. The summed E-state index contributed by atoms with van der Waals surface area (Å²) in [4.78, 5) is 2.45. The summed E-state index contributed by atoms with van der Waals surface area (Å²) >= 11 is 0. The lowest BCUT2D eigenvalue weighted by molar-refractivity contribution is -0.0286. The van der Waals surface area contributed by atoms with E-state index in [1.165, 1.54) is 11.1 Å². The second-order valence-corrected chi connectivity index (χ2v) is 5.56. The highest BCUT2D eigenvalue weighted by Gasteiger charge is 2.23. The Hall–Kier alpha value is -0.940. The highest BCUT2D eigenvalue weighted by molar-refractivity contribution is 5.31. The molecule has 2 aliphatic rings. The van der Waals surface area contributed by atoms with Crippen molar-refractivity contribution in [3.63, 3.8) is 0 Å². The van der Waals surface area contributed by atoms with Crippen LogP contribution in [0.2, 0.25) is 0 Å². The molecule has 1 aromatic carbocycles. The van der Waals surface area contributed by atoms with Crippen LogP contribution in [0, 0.1) is 0 Å². The van der Waals surface area contributed by atoms with Gasteiger partial charge in [0.15, 0.2) is 0 Å². The maximum atomic E-state index is 5.84. The topological polar surface area (TPSA) is 33.7 Å². The quantitative estimate of drug-likeness (QED) is 0.905. The predicted octanol–water partition coefficient (Wildman–Crippen LogP) is 1.57. The number of rotatable bonds is 4. The zero-order valence-electron chi connectivity index (χ0n) is 12.2. The van der Waals surface area contributed by atoms with E-state index >= 15 is 0 Å². The van der Waals surface area contributed by atoms with Crippen LogP contribution in [0.4, 0.5) is 0 Å². The van der Waals surface area contributed by atoms with E-state index in [4.69, 9.17) is 9.47 Å². The number of likely N-dealkylation sites (N-methyl/N-ethyl adjacent to an activating group) is 1. The molecular formula is C16H24N2O2. The van der Waals surface area contributed by atoms with Gasteiger partial charge in [0.1, 0.15) is 0 Å². The molecule has 2 heterocycles. The molecule has 4 heteroatoms. The van der Waals surface area contributed by atoms with Crippen LogP contribution in [-0.2, 0) is 16.1 Å². The van der Waals surface area contributed by atoms with Gasteiger partial charge < -0.3 is 14.8 Å². The van der Waals surface area contributed by atoms with Crippen molar-refractivity contribution in [2.75, 3.05) is 39.4 Å². The van der Waals surface area contributed by atoms with Gasteiger partial charge in [-0.25, -0.2) is 0 Å². The largest absolute Gasteiger partial charge is 0.375 e. The van der Waals surface area contributed by atoms with Gasteiger partial charge >= 0.3 is 0 Å². The molecule has 20 heavy (non-hydrogen) atoms. The fraction of sp³-hybridized carbons (Fsp3) is 0.625. The molecule has 110 valence electrons. The minimum absolute atomic E-state index is 0.290. The van der Waals surface area contributed by atoms with E-state index in [9.17, 15) is 0 Å². The van der Waals surface area contributed by atoms with E-state index in [-0.39, 0.29) is 6.10 Å². The van der Waals surface area contributed by atoms with Gasteiger partial charge in [0, 0.05) is 19.6 Å². The first-order chi connectivity index (χ1) is 9.86. The van der Waals surface area contributed by atoms with Gasteiger partial charge in [0.2, 0.25) is 0 Å². The average molecular weight is 276 g/mol. The molecule has 2 unspecified atom stereocenters. The number of hydrogen-bond donors (Lipinski definition) is 1. The standard InChI is InChI=1S/C16H24N2O2/c1-2-18-7-8-20-14(10-18)9-17-16-12-19-11-13-5-3-4-6-15(13)16/h3-6,14,16-17H,2,7-12H2,1H3. The molecule has 0 radical (unpaired) electrons. The maximum Gasteiger partial charge on any atom is 0.0826 e. The molecule has 0 aliphatic carbocycles. The second-order valence-electron chi connectivity index (χ2n) is 5.56. The minimum atomic E-state index is 0.290. The lowest BCUT2D eigenvalue weighted by atomic mass is 9.99. The molecular weight excluding hydrogens is 252 g/mol. The van der Waals surface area contributed by atoms with Crippen molar-refractivity contribution >= 4 is 0 Å². The van der Waals surface area contributed by atoms with Gasteiger partial charge in [-0.05, 0) is 17.7 Å². The van der Waals surface area contributed by atoms with E-state index in [1.54, 1.807) is 0 Å². The number of fused-ring (bicyclic) bond motifs is 1. The SMILES string of the molecule is CCN1CCOC(CNC2COCc3ccccc32)C1. The molecule has 1 N–H and O–H groups in total. The van der Waals surface area contributed by atoms with Gasteiger partial charge in [-0.2, -0.15) is 0 Å². The second kappa shape index (κ2) is 6.68. The summed E-state index contributed by atoms with van der Waals surface area (Å²) in [5.41, 5.74) is 2.68. The molecule has 0 amide bonds. The van der Waals surface area contributed by atoms with Gasteiger partial charge in [0.25, 0.3) is 0 Å². The van der Waals surface area contributed by atoms with Crippen molar-refractivity contribution < 1.29 is 9.47 Å². The summed E-state index contributed by atoms with van der Waals surface area (Å²) in [5, 5.41) is 3.62. The number of ether oxygens (including phenoxy) is 2. The molecule has 0 bridgehead atoms. The third-order valence-electron chi connectivity index (χ3n) is 4.23.